The predicted octanol–water partition coefficient (Wildman–Crippen LogP) is 4.68. The normalized spacial score (nSPS) is 10.2. The molecule has 5 heteroatoms. The van der Waals surface area contributed by atoms with Crippen molar-refractivity contribution in [2.45, 2.75) is 0 Å². The van der Waals surface area contributed by atoms with Gasteiger partial charge in [0.1, 0.15) is 11.5 Å². The van der Waals surface area contributed by atoms with Gasteiger partial charge >= 0.3 is 0 Å². The molecule has 0 saturated carbocycles. The Morgan fingerprint density at radius 3 is 2.21 bits per heavy atom. The van der Waals surface area contributed by atoms with Crippen LogP contribution < -0.4 is 14.8 Å². The lowest BCUT2D eigenvalue weighted by molar-refractivity contribution is 0.103. The van der Waals surface area contributed by atoms with Gasteiger partial charge in [-0.1, -0.05) is 30.3 Å². The molecule has 0 fully saturated rings. The van der Waals surface area contributed by atoms with Gasteiger partial charge in [-0.15, -0.1) is 11.3 Å². The second-order valence-corrected chi connectivity index (χ2v) is 6.17. The SMILES string of the molecule is COc1cc(NC(=O)c2ccc(-c3ccccc3)s2)cc(OC)c1. The van der Waals surface area contributed by atoms with E-state index in [2.05, 4.69) is 5.32 Å². The first-order valence-electron chi connectivity index (χ1n) is 7.39. The van der Waals surface area contributed by atoms with Gasteiger partial charge in [-0.3, -0.25) is 4.79 Å². The maximum atomic E-state index is 12.5. The average molecular weight is 339 g/mol. The molecule has 2 aromatic carbocycles. The van der Waals surface area contributed by atoms with E-state index in [1.54, 1.807) is 32.4 Å². The number of carbonyl (C=O) groups excluding carboxylic acids is 1. The van der Waals surface area contributed by atoms with Crippen molar-refractivity contribution in [3.8, 4) is 21.9 Å². The van der Waals surface area contributed by atoms with Crippen LogP contribution in [0.4, 0.5) is 5.69 Å². The number of rotatable bonds is 5. The van der Waals surface area contributed by atoms with Gasteiger partial charge in [0, 0.05) is 28.8 Å². The molecule has 24 heavy (non-hydrogen) atoms. The summed E-state index contributed by atoms with van der Waals surface area (Å²) < 4.78 is 10.4. The van der Waals surface area contributed by atoms with Gasteiger partial charge in [0.05, 0.1) is 19.1 Å². The monoisotopic (exact) mass is 339 g/mol. The van der Waals surface area contributed by atoms with Crippen LogP contribution in [0, 0.1) is 0 Å². The van der Waals surface area contributed by atoms with Crippen LogP contribution in [0.3, 0.4) is 0 Å². The molecule has 0 aliphatic carbocycles. The smallest absolute Gasteiger partial charge is 0.265 e. The zero-order valence-electron chi connectivity index (χ0n) is 13.4. The van der Waals surface area contributed by atoms with E-state index in [-0.39, 0.29) is 5.91 Å². The van der Waals surface area contributed by atoms with Crippen molar-refractivity contribution >= 4 is 22.9 Å². The molecule has 122 valence electrons. The molecule has 0 bridgehead atoms. The van der Waals surface area contributed by atoms with Crippen molar-refractivity contribution in [1.82, 2.24) is 0 Å². The van der Waals surface area contributed by atoms with Crippen LogP contribution in [0.1, 0.15) is 9.67 Å². The van der Waals surface area contributed by atoms with Crippen molar-refractivity contribution in [2.24, 2.45) is 0 Å². The Labute approximate surface area is 144 Å². The summed E-state index contributed by atoms with van der Waals surface area (Å²) in [4.78, 5) is 14.2. The topological polar surface area (TPSA) is 47.6 Å². The van der Waals surface area contributed by atoms with Gasteiger partial charge in [0.25, 0.3) is 5.91 Å². The molecule has 0 saturated heterocycles. The van der Waals surface area contributed by atoms with E-state index in [4.69, 9.17) is 9.47 Å². The van der Waals surface area contributed by atoms with E-state index in [1.807, 2.05) is 42.5 Å². The van der Waals surface area contributed by atoms with Gasteiger partial charge in [0.15, 0.2) is 0 Å². The fourth-order valence-electron chi connectivity index (χ4n) is 2.29. The average Bonchev–Trinajstić information content (AvgIpc) is 3.12. The first kappa shape index (κ1) is 16.1. The Balaban J connectivity index is 1.80. The first-order valence-corrected chi connectivity index (χ1v) is 8.21. The van der Waals surface area contributed by atoms with E-state index < -0.39 is 0 Å². The molecule has 0 spiro atoms. The number of carbonyl (C=O) groups is 1. The zero-order valence-corrected chi connectivity index (χ0v) is 14.2. The first-order chi connectivity index (χ1) is 11.7. The third-order valence-corrected chi connectivity index (χ3v) is 4.63. The summed E-state index contributed by atoms with van der Waals surface area (Å²) in [6, 6.07) is 19.1. The van der Waals surface area contributed by atoms with Crippen LogP contribution in [0.5, 0.6) is 11.5 Å². The molecule has 0 atom stereocenters. The lowest BCUT2D eigenvalue weighted by Gasteiger charge is -2.09. The highest BCUT2D eigenvalue weighted by molar-refractivity contribution is 7.17. The van der Waals surface area contributed by atoms with Crippen LogP contribution in [-0.2, 0) is 0 Å². The van der Waals surface area contributed by atoms with Gasteiger partial charge in [0.2, 0.25) is 0 Å². The van der Waals surface area contributed by atoms with Gasteiger partial charge in [-0.2, -0.15) is 0 Å². The van der Waals surface area contributed by atoms with Crippen molar-refractivity contribution < 1.29 is 14.3 Å². The van der Waals surface area contributed by atoms with Crippen molar-refractivity contribution in [1.29, 1.82) is 0 Å². The molecule has 1 heterocycles. The number of methoxy groups -OCH3 is 2. The van der Waals surface area contributed by atoms with E-state index in [0.29, 0.717) is 22.1 Å². The number of ether oxygens (including phenoxy) is 2. The van der Waals surface area contributed by atoms with Crippen molar-refractivity contribution in [2.75, 3.05) is 19.5 Å². The Bertz CT molecular complexity index is 821. The highest BCUT2D eigenvalue weighted by atomic mass is 32.1. The van der Waals surface area contributed by atoms with E-state index >= 15 is 0 Å². The molecule has 1 amide bonds. The minimum absolute atomic E-state index is 0.155. The minimum Gasteiger partial charge on any atom is -0.497 e. The molecular weight excluding hydrogens is 322 g/mol. The third kappa shape index (κ3) is 3.58. The highest BCUT2D eigenvalue weighted by Crippen LogP contribution is 2.30. The molecule has 0 aliphatic heterocycles. The molecule has 4 nitrogen and oxygen atoms in total. The number of nitrogens with one attached hydrogen (secondary N) is 1. The number of hydrogen-bond acceptors (Lipinski definition) is 4. The minimum atomic E-state index is -0.155. The van der Waals surface area contributed by atoms with Gasteiger partial charge in [-0.25, -0.2) is 0 Å². The Kier molecular flexibility index (Phi) is 4.82. The van der Waals surface area contributed by atoms with E-state index in [9.17, 15) is 4.79 Å². The molecule has 0 unspecified atom stereocenters. The molecular formula is C19H17NO3S. The Morgan fingerprint density at radius 1 is 0.917 bits per heavy atom. The lowest BCUT2D eigenvalue weighted by atomic mass is 10.2. The van der Waals surface area contributed by atoms with Crippen LogP contribution >= 0.6 is 11.3 Å². The number of amides is 1. The molecule has 3 rings (SSSR count). The molecule has 0 radical (unpaired) electrons. The quantitative estimate of drug-likeness (QED) is 0.734. The predicted molar refractivity (Wildman–Crippen MR) is 97.3 cm³/mol. The van der Waals surface area contributed by atoms with Gasteiger partial charge < -0.3 is 14.8 Å². The van der Waals surface area contributed by atoms with Crippen molar-refractivity contribution in [3.05, 3.63) is 65.5 Å². The highest BCUT2D eigenvalue weighted by Gasteiger charge is 2.12. The lowest BCUT2D eigenvalue weighted by Crippen LogP contribution is -2.10. The van der Waals surface area contributed by atoms with E-state index in [0.717, 1.165) is 10.4 Å². The molecule has 1 aromatic heterocycles. The second kappa shape index (κ2) is 7.19. The molecule has 0 aliphatic rings. The van der Waals surface area contributed by atoms with Crippen LogP contribution in [0.2, 0.25) is 0 Å². The third-order valence-electron chi connectivity index (χ3n) is 3.50. The fourth-order valence-corrected chi connectivity index (χ4v) is 3.20. The second-order valence-electron chi connectivity index (χ2n) is 5.09. The Hall–Kier alpha value is -2.79. The summed E-state index contributed by atoms with van der Waals surface area (Å²) in [7, 11) is 3.15. The van der Waals surface area contributed by atoms with Crippen LogP contribution in [-0.4, -0.2) is 20.1 Å². The zero-order chi connectivity index (χ0) is 16.9. The molecule has 1 N–H and O–H groups in total. The summed E-state index contributed by atoms with van der Waals surface area (Å²) in [5.74, 6) is 1.10. The van der Waals surface area contributed by atoms with Gasteiger partial charge in [-0.05, 0) is 17.7 Å². The summed E-state index contributed by atoms with van der Waals surface area (Å²) in [5, 5.41) is 2.88. The van der Waals surface area contributed by atoms with Crippen molar-refractivity contribution in [3.63, 3.8) is 0 Å². The maximum absolute atomic E-state index is 12.5. The summed E-state index contributed by atoms with van der Waals surface area (Å²) in [6.45, 7) is 0. The fraction of sp³-hybridized carbons (Fsp3) is 0.105. The number of anilines is 1. The number of benzene rings is 2. The number of thiophene rings is 1. The van der Waals surface area contributed by atoms with Crippen LogP contribution in [0.25, 0.3) is 10.4 Å². The summed E-state index contributed by atoms with van der Waals surface area (Å²) >= 11 is 1.46. The van der Waals surface area contributed by atoms with E-state index in [1.165, 1.54) is 11.3 Å². The van der Waals surface area contributed by atoms with Crippen LogP contribution in [0.15, 0.2) is 60.7 Å². The number of hydrogen-bond donors (Lipinski definition) is 1. The maximum Gasteiger partial charge on any atom is 0.265 e. The molecule has 3 aromatic rings. The largest absolute Gasteiger partial charge is 0.497 e. The summed E-state index contributed by atoms with van der Waals surface area (Å²) in [5.41, 5.74) is 1.73. The Morgan fingerprint density at radius 2 is 1.58 bits per heavy atom. The standard InChI is InChI=1S/C19H17NO3S/c1-22-15-10-14(11-16(12-15)23-2)20-19(21)18-9-8-17(24-18)13-6-4-3-5-7-13/h3-12H,1-2H3,(H,20,21). The summed E-state index contributed by atoms with van der Waals surface area (Å²) in [6.07, 6.45) is 0.